The molecule has 0 unspecified atom stereocenters. The van der Waals surface area contributed by atoms with Crippen LogP contribution in [0.2, 0.25) is 0 Å². The molecule has 6 heteroatoms. The first kappa shape index (κ1) is 11.8. The van der Waals surface area contributed by atoms with E-state index in [1.165, 1.54) is 0 Å². The number of aromatic nitrogens is 1. The second kappa shape index (κ2) is 4.13. The Morgan fingerprint density at radius 3 is 2.94 bits per heavy atom. The van der Waals surface area contributed by atoms with Gasteiger partial charge in [-0.3, -0.25) is 4.79 Å². The molecular weight excluding hydrogens is 308 g/mol. The lowest BCUT2D eigenvalue weighted by molar-refractivity contribution is 0.108. The average molecular weight is 316 g/mol. The zero-order valence-electron chi connectivity index (χ0n) is 9.15. The summed E-state index contributed by atoms with van der Waals surface area (Å²) in [5, 5.41) is -0.258. The third-order valence-electron chi connectivity index (χ3n) is 3.06. The summed E-state index contributed by atoms with van der Waals surface area (Å²) in [4.78, 5) is 15.0. The van der Waals surface area contributed by atoms with Gasteiger partial charge in [0.1, 0.15) is 5.82 Å². The quantitative estimate of drug-likeness (QED) is 0.759. The van der Waals surface area contributed by atoms with Gasteiger partial charge in [0.25, 0.3) is 0 Å². The number of hydrogen-bond acceptors (Lipinski definition) is 2. The van der Waals surface area contributed by atoms with E-state index in [-0.39, 0.29) is 22.0 Å². The number of pyridine rings is 1. The van der Waals surface area contributed by atoms with Crippen molar-refractivity contribution >= 4 is 26.8 Å². The van der Waals surface area contributed by atoms with E-state index < -0.39 is 17.1 Å². The molecule has 2 aromatic rings. The van der Waals surface area contributed by atoms with Gasteiger partial charge in [-0.15, -0.1) is 0 Å². The van der Waals surface area contributed by atoms with Crippen molar-refractivity contribution in [3.05, 3.63) is 43.7 Å². The molecular formula is C12H8BrF2NO2. The van der Waals surface area contributed by atoms with Crippen LogP contribution in [0.3, 0.4) is 0 Å². The topological polar surface area (TPSA) is 42.1 Å². The minimum atomic E-state index is -0.749. The molecule has 0 saturated carbocycles. The molecule has 2 heterocycles. The van der Waals surface area contributed by atoms with Crippen molar-refractivity contribution in [3.8, 4) is 0 Å². The Bertz CT molecular complexity index is 712. The van der Waals surface area contributed by atoms with Crippen LogP contribution in [-0.2, 0) is 17.8 Å². The summed E-state index contributed by atoms with van der Waals surface area (Å²) >= 11 is 2.90. The van der Waals surface area contributed by atoms with Crippen molar-refractivity contribution in [2.24, 2.45) is 0 Å². The van der Waals surface area contributed by atoms with E-state index in [2.05, 4.69) is 20.9 Å². The molecule has 0 amide bonds. The molecule has 1 aromatic carbocycles. The first-order valence-corrected chi connectivity index (χ1v) is 6.18. The highest BCUT2D eigenvalue weighted by Gasteiger charge is 2.21. The summed E-state index contributed by atoms with van der Waals surface area (Å²) in [7, 11) is 0. The minimum Gasteiger partial charge on any atom is -0.376 e. The average Bonchev–Trinajstić information content (AvgIpc) is 2.36. The number of ether oxygens (including phenoxy) is 1. The second-order valence-corrected chi connectivity index (χ2v) is 4.97. The lowest BCUT2D eigenvalue weighted by Crippen LogP contribution is -2.22. The van der Waals surface area contributed by atoms with Gasteiger partial charge in [-0.2, -0.15) is 0 Å². The Morgan fingerprint density at radius 2 is 2.17 bits per heavy atom. The Hall–Kier alpha value is -1.27. The van der Waals surface area contributed by atoms with Crippen LogP contribution in [0.5, 0.6) is 0 Å². The molecule has 0 atom stereocenters. The molecule has 0 bridgehead atoms. The first-order chi connectivity index (χ1) is 8.59. The van der Waals surface area contributed by atoms with Crippen molar-refractivity contribution < 1.29 is 13.5 Å². The van der Waals surface area contributed by atoms with E-state index in [1.54, 1.807) is 0 Å². The highest BCUT2D eigenvalue weighted by molar-refractivity contribution is 9.10. The van der Waals surface area contributed by atoms with Gasteiger partial charge < -0.3 is 9.72 Å². The van der Waals surface area contributed by atoms with Crippen LogP contribution in [0.1, 0.15) is 11.3 Å². The number of hydrogen-bond donors (Lipinski definition) is 1. The van der Waals surface area contributed by atoms with Gasteiger partial charge >= 0.3 is 0 Å². The number of nitrogens with one attached hydrogen (secondary N) is 1. The molecule has 0 fully saturated rings. The molecule has 0 spiro atoms. The Morgan fingerprint density at radius 1 is 1.39 bits per heavy atom. The van der Waals surface area contributed by atoms with E-state index in [0.717, 1.165) is 6.07 Å². The third-order valence-corrected chi connectivity index (χ3v) is 3.63. The van der Waals surface area contributed by atoms with Crippen molar-refractivity contribution in [2.75, 3.05) is 6.61 Å². The Kier molecular flexibility index (Phi) is 2.71. The molecule has 1 aliphatic rings. The van der Waals surface area contributed by atoms with Gasteiger partial charge in [0.2, 0.25) is 0 Å². The summed E-state index contributed by atoms with van der Waals surface area (Å²) in [5.41, 5.74) is 0.419. The predicted octanol–water partition coefficient (Wildman–Crippen LogP) is 2.64. The van der Waals surface area contributed by atoms with E-state index in [1.807, 2.05) is 0 Å². The van der Waals surface area contributed by atoms with Crippen LogP contribution in [0.25, 0.3) is 10.9 Å². The van der Waals surface area contributed by atoms with Gasteiger partial charge in [-0.05, 0) is 22.0 Å². The van der Waals surface area contributed by atoms with Crippen LogP contribution in [0.15, 0.2) is 15.3 Å². The number of benzene rings is 1. The number of fused-ring (bicyclic) bond motifs is 2. The highest BCUT2D eigenvalue weighted by Crippen LogP contribution is 2.26. The molecule has 0 aliphatic carbocycles. The van der Waals surface area contributed by atoms with Crippen molar-refractivity contribution in [1.29, 1.82) is 0 Å². The maximum absolute atomic E-state index is 13.9. The standard InChI is InChI=1S/C12H8BrF2NO2/c13-6-3-7(14)11-9(10(6)15)12(17)5-4-18-2-1-8(5)16-11/h3H,1-2,4H2,(H,16,17). The zero-order chi connectivity index (χ0) is 12.9. The first-order valence-electron chi connectivity index (χ1n) is 5.38. The maximum atomic E-state index is 13.9. The molecule has 3 nitrogen and oxygen atoms in total. The molecule has 18 heavy (non-hydrogen) atoms. The highest BCUT2D eigenvalue weighted by atomic mass is 79.9. The van der Waals surface area contributed by atoms with Gasteiger partial charge in [0.15, 0.2) is 11.2 Å². The lowest BCUT2D eigenvalue weighted by Gasteiger charge is -2.17. The fraction of sp³-hybridized carbons (Fsp3) is 0.250. The van der Waals surface area contributed by atoms with Crippen molar-refractivity contribution in [3.63, 3.8) is 0 Å². The molecule has 94 valence electrons. The van der Waals surface area contributed by atoms with Crippen LogP contribution >= 0.6 is 15.9 Å². The van der Waals surface area contributed by atoms with Crippen LogP contribution in [-0.4, -0.2) is 11.6 Å². The van der Waals surface area contributed by atoms with E-state index >= 15 is 0 Å². The smallest absolute Gasteiger partial charge is 0.198 e. The molecule has 3 rings (SSSR count). The van der Waals surface area contributed by atoms with Gasteiger partial charge in [0, 0.05) is 17.7 Å². The number of rotatable bonds is 0. The summed E-state index contributed by atoms with van der Waals surface area (Å²) in [6, 6.07) is 1.01. The number of H-pyrrole nitrogens is 1. The molecule has 0 radical (unpaired) electrons. The predicted molar refractivity (Wildman–Crippen MR) is 65.5 cm³/mol. The Balaban J connectivity index is 2.50. The monoisotopic (exact) mass is 315 g/mol. The fourth-order valence-corrected chi connectivity index (χ4v) is 2.56. The molecule has 1 aromatic heterocycles. The van der Waals surface area contributed by atoms with E-state index in [9.17, 15) is 13.6 Å². The number of aromatic amines is 1. The van der Waals surface area contributed by atoms with Crippen LogP contribution in [0.4, 0.5) is 8.78 Å². The Labute approximate surface area is 109 Å². The summed E-state index contributed by atoms with van der Waals surface area (Å²) in [5.74, 6) is -1.40. The molecule has 0 saturated heterocycles. The summed E-state index contributed by atoms with van der Waals surface area (Å²) in [6.45, 7) is 0.600. The van der Waals surface area contributed by atoms with Gasteiger partial charge in [-0.1, -0.05) is 0 Å². The van der Waals surface area contributed by atoms with E-state index in [0.29, 0.717) is 24.3 Å². The third kappa shape index (κ3) is 1.59. The van der Waals surface area contributed by atoms with E-state index in [4.69, 9.17) is 4.74 Å². The lowest BCUT2D eigenvalue weighted by atomic mass is 10.0. The molecule has 1 N–H and O–H groups in total. The largest absolute Gasteiger partial charge is 0.376 e. The van der Waals surface area contributed by atoms with Gasteiger partial charge in [0.05, 0.1) is 28.6 Å². The zero-order valence-corrected chi connectivity index (χ0v) is 10.7. The maximum Gasteiger partial charge on any atom is 0.198 e. The normalized spacial score (nSPS) is 14.8. The van der Waals surface area contributed by atoms with Crippen molar-refractivity contribution in [1.82, 2.24) is 4.98 Å². The van der Waals surface area contributed by atoms with Gasteiger partial charge in [-0.25, -0.2) is 8.78 Å². The fourth-order valence-electron chi connectivity index (χ4n) is 2.16. The second-order valence-electron chi connectivity index (χ2n) is 4.12. The number of halogens is 3. The van der Waals surface area contributed by atoms with Crippen LogP contribution < -0.4 is 5.43 Å². The SMILES string of the molecule is O=c1c2c([nH]c3c(F)cc(Br)c(F)c13)CCOC2. The summed E-state index contributed by atoms with van der Waals surface area (Å²) < 4.78 is 32.8. The minimum absolute atomic E-state index is 0.0605. The summed E-state index contributed by atoms with van der Waals surface area (Å²) in [6.07, 6.45) is 0.498. The molecule has 1 aliphatic heterocycles. The van der Waals surface area contributed by atoms with Crippen molar-refractivity contribution in [2.45, 2.75) is 13.0 Å². The van der Waals surface area contributed by atoms with Crippen LogP contribution in [0, 0.1) is 11.6 Å².